The molecular formula is C18H29IN6O. The minimum Gasteiger partial charge on any atom is -0.356 e. The number of guanidine groups is 1. The predicted octanol–water partition coefficient (Wildman–Crippen LogP) is 2.01. The average Bonchev–Trinajstić information content (AvgIpc) is 3.12. The van der Waals surface area contributed by atoms with Crippen molar-refractivity contribution in [2.75, 3.05) is 20.1 Å². The van der Waals surface area contributed by atoms with Gasteiger partial charge in [0.25, 0.3) is 5.56 Å². The molecule has 0 unspecified atom stereocenters. The highest BCUT2D eigenvalue weighted by atomic mass is 127. The molecule has 26 heavy (non-hydrogen) atoms. The van der Waals surface area contributed by atoms with Gasteiger partial charge in [0.05, 0.1) is 0 Å². The number of hydrogen-bond donors (Lipinski definition) is 2. The molecule has 0 bridgehead atoms. The van der Waals surface area contributed by atoms with Crippen molar-refractivity contribution in [3.05, 3.63) is 52.7 Å². The number of aliphatic imine (C=N–C) groups is 1. The van der Waals surface area contributed by atoms with Crippen LogP contribution in [-0.4, -0.2) is 40.4 Å². The van der Waals surface area contributed by atoms with Crippen LogP contribution in [0.15, 0.2) is 46.4 Å². The standard InChI is InChI=1S/C18H28N6O.HI/c1-16-8-5-9-17(25)24(16)15-4-3-10-20-18(19-2)21-11-6-13-23-14-7-12-22-23;/h5,7-9,12,14H,3-4,6,10-11,13,15H2,1-2H3,(H2,19,20,21);1H. The van der Waals surface area contributed by atoms with E-state index >= 15 is 0 Å². The molecule has 8 heteroatoms. The summed E-state index contributed by atoms with van der Waals surface area (Å²) in [5, 5.41) is 10.8. The molecule has 0 atom stereocenters. The van der Waals surface area contributed by atoms with Crippen molar-refractivity contribution >= 4 is 29.9 Å². The Morgan fingerprint density at radius 2 is 1.88 bits per heavy atom. The van der Waals surface area contributed by atoms with Crippen LogP contribution in [-0.2, 0) is 13.1 Å². The SMILES string of the molecule is CN=C(NCCCCn1c(C)cccc1=O)NCCCn1cccn1.I. The number of hydrogen-bond acceptors (Lipinski definition) is 3. The third-order valence-corrected chi connectivity index (χ3v) is 4.01. The van der Waals surface area contributed by atoms with E-state index < -0.39 is 0 Å². The van der Waals surface area contributed by atoms with E-state index in [0.717, 1.165) is 57.1 Å². The molecule has 0 aliphatic heterocycles. The summed E-state index contributed by atoms with van der Waals surface area (Å²) in [6.45, 7) is 5.29. The van der Waals surface area contributed by atoms with Crippen molar-refractivity contribution in [2.24, 2.45) is 4.99 Å². The van der Waals surface area contributed by atoms with E-state index in [1.165, 1.54) is 0 Å². The number of nitrogens with one attached hydrogen (secondary N) is 2. The van der Waals surface area contributed by atoms with Crippen molar-refractivity contribution in [1.29, 1.82) is 0 Å². The predicted molar refractivity (Wildman–Crippen MR) is 116 cm³/mol. The van der Waals surface area contributed by atoms with E-state index in [4.69, 9.17) is 0 Å². The van der Waals surface area contributed by atoms with Gasteiger partial charge in [0.2, 0.25) is 0 Å². The molecular weight excluding hydrogens is 443 g/mol. The lowest BCUT2D eigenvalue weighted by atomic mass is 10.3. The minimum atomic E-state index is 0. The third kappa shape index (κ3) is 7.59. The molecule has 2 rings (SSSR count). The van der Waals surface area contributed by atoms with Gasteiger partial charge in [0.1, 0.15) is 0 Å². The maximum absolute atomic E-state index is 11.8. The van der Waals surface area contributed by atoms with Crippen molar-refractivity contribution in [3.8, 4) is 0 Å². The van der Waals surface area contributed by atoms with E-state index in [-0.39, 0.29) is 29.5 Å². The van der Waals surface area contributed by atoms with Gasteiger partial charge in [-0.25, -0.2) is 0 Å². The van der Waals surface area contributed by atoms with Gasteiger partial charge in [-0.1, -0.05) is 6.07 Å². The summed E-state index contributed by atoms with van der Waals surface area (Å²) in [5.41, 5.74) is 1.08. The highest BCUT2D eigenvalue weighted by Crippen LogP contribution is 1.97. The lowest BCUT2D eigenvalue weighted by Crippen LogP contribution is -2.38. The summed E-state index contributed by atoms with van der Waals surface area (Å²) in [7, 11) is 1.77. The van der Waals surface area contributed by atoms with Gasteiger partial charge in [-0.15, -0.1) is 24.0 Å². The fraction of sp³-hybridized carbons (Fsp3) is 0.500. The summed E-state index contributed by atoms with van der Waals surface area (Å²) in [4.78, 5) is 16.0. The first-order valence-electron chi connectivity index (χ1n) is 8.79. The van der Waals surface area contributed by atoms with Crippen LogP contribution in [0.25, 0.3) is 0 Å². The van der Waals surface area contributed by atoms with E-state index in [1.807, 2.05) is 34.5 Å². The lowest BCUT2D eigenvalue weighted by Gasteiger charge is -2.12. The van der Waals surface area contributed by atoms with Crippen molar-refractivity contribution < 1.29 is 0 Å². The van der Waals surface area contributed by atoms with Gasteiger partial charge in [-0.3, -0.25) is 14.5 Å². The van der Waals surface area contributed by atoms with Crippen LogP contribution in [0.2, 0.25) is 0 Å². The van der Waals surface area contributed by atoms with Gasteiger partial charge in [-0.2, -0.15) is 5.10 Å². The number of aromatic nitrogens is 3. The smallest absolute Gasteiger partial charge is 0.250 e. The molecule has 0 aromatic carbocycles. The Hall–Kier alpha value is -1.84. The first-order chi connectivity index (χ1) is 12.2. The first-order valence-corrected chi connectivity index (χ1v) is 8.79. The first kappa shape index (κ1) is 22.2. The summed E-state index contributed by atoms with van der Waals surface area (Å²) in [6, 6.07) is 7.31. The topological polar surface area (TPSA) is 76.2 Å². The van der Waals surface area contributed by atoms with Crippen molar-refractivity contribution in [3.63, 3.8) is 0 Å². The zero-order valence-corrected chi connectivity index (χ0v) is 17.8. The zero-order chi connectivity index (χ0) is 17.9. The van der Waals surface area contributed by atoms with Gasteiger partial charge >= 0.3 is 0 Å². The summed E-state index contributed by atoms with van der Waals surface area (Å²) in [5.74, 6) is 0.813. The Morgan fingerprint density at radius 1 is 1.12 bits per heavy atom. The Kier molecular flexibility index (Phi) is 10.7. The minimum absolute atomic E-state index is 0. The van der Waals surface area contributed by atoms with E-state index in [9.17, 15) is 4.79 Å². The molecule has 7 nitrogen and oxygen atoms in total. The molecule has 2 heterocycles. The average molecular weight is 472 g/mol. The molecule has 0 saturated carbocycles. The Labute approximate surface area is 171 Å². The summed E-state index contributed by atoms with van der Waals surface area (Å²) < 4.78 is 3.74. The molecule has 144 valence electrons. The fourth-order valence-electron chi connectivity index (χ4n) is 2.61. The Balaban J connectivity index is 0.00000338. The third-order valence-electron chi connectivity index (χ3n) is 4.01. The van der Waals surface area contributed by atoms with Gasteiger partial charge in [0, 0.05) is 57.4 Å². The number of nitrogens with zero attached hydrogens (tertiary/aromatic N) is 4. The van der Waals surface area contributed by atoms with E-state index in [0.29, 0.717) is 0 Å². The Morgan fingerprint density at radius 3 is 2.54 bits per heavy atom. The van der Waals surface area contributed by atoms with Crippen LogP contribution in [0.1, 0.15) is 25.0 Å². The molecule has 0 aliphatic carbocycles. The number of halogens is 1. The highest BCUT2D eigenvalue weighted by Gasteiger charge is 2.00. The molecule has 2 aromatic heterocycles. The number of pyridine rings is 1. The quantitative estimate of drug-likeness (QED) is 0.254. The molecule has 0 spiro atoms. The maximum atomic E-state index is 11.8. The van der Waals surface area contributed by atoms with Crippen molar-refractivity contribution in [1.82, 2.24) is 25.0 Å². The second-order valence-electron chi connectivity index (χ2n) is 5.91. The van der Waals surface area contributed by atoms with Crippen LogP contribution in [0.5, 0.6) is 0 Å². The summed E-state index contributed by atoms with van der Waals surface area (Å²) >= 11 is 0. The van der Waals surface area contributed by atoms with Gasteiger partial charge in [0.15, 0.2) is 5.96 Å². The highest BCUT2D eigenvalue weighted by molar-refractivity contribution is 14.0. The van der Waals surface area contributed by atoms with Crippen LogP contribution in [0.3, 0.4) is 0 Å². The van der Waals surface area contributed by atoms with Crippen molar-refractivity contribution in [2.45, 2.75) is 39.3 Å². The van der Waals surface area contributed by atoms with Crippen LogP contribution < -0.4 is 16.2 Å². The molecule has 2 aromatic rings. The number of rotatable bonds is 9. The Bertz CT molecular complexity index is 711. The lowest BCUT2D eigenvalue weighted by molar-refractivity contribution is 0.563. The molecule has 0 radical (unpaired) electrons. The normalized spacial score (nSPS) is 11.1. The molecule has 0 amide bonds. The van der Waals surface area contributed by atoms with E-state index in [1.54, 1.807) is 25.4 Å². The van der Waals surface area contributed by atoms with Crippen LogP contribution in [0.4, 0.5) is 0 Å². The number of aryl methyl sites for hydroxylation is 2. The number of unbranched alkanes of at least 4 members (excludes halogenated alkanes) is 1. The maximum Gasteiger partial charge on any atom is 0.250 e. The monoisotopic (exact) mass is 472 g/mol. The van der Waals surface area contributed by atoms with E-state index in [2.05, 4.69) is 20.7 Å². The second kappa shape index (κ2) is 12.5. The molecule has 0 aliphatic rings. The second-order valence-corrected chi connectivity index (χ2v) is 5.91. The zero-order valence-electron chi connectivity index (χ0n) is 15.5. The van der Waals surface area contributed by atoms with Crippen LogP contribution >= 0.6 is 24.0 Å². The molecule has 0 fully saturated rings. The molecule has 0 saturated heterocycles. The van der Waals surface area contributed by atoms with Gasteiger partial charge < -0.3 is 15.2 Å². The molecule has 2 N–H and O–H groups in total. The van der Waals surface area contributed by atoms with Gasteiger partial charge in [-0.05, 0) is 38.3 Å². The summed E-state index contributed by atoms with van der Waals surface area (Å²) in [6.07, 6.45) is 6.67. The fourth-order valence-corrected chi connectivity index (χ4v) is 2.61. The largest absolute Gasteiger partial charge is 0.356 e. The van der Waals surface area contributed by atoms with Crippen LogP contribution in [0, 0.1) is 6.92 Å².